The normalized spacial score (nSPS) is 26.8. The summed E-state index contributed by atoms with van der Waals surface area (Å²) in [6.07, 6.45) is 2.33. The van der Waals surface area contributed by atoms with E-state index in [0.717, 1.165) is 19.4 Å². The minimum absolute atomic E-state index is 0.0219. The molecule has 0 bridgehead atoms. The minimum atomic E-state index is -0.246. The highest BCUT2D eigenvalue weighted by molar-refractivity contribution is 7.81. The van der Waals surface area contributed by atoms with Crippen LogP contribution in [0.25, 0.3) is 0 Å². The second kappa shape index (κ2) is 4.86. The van der Waals surface area contributed by atoms with Crippen molar-refractivity contribution in [1.82, 2.24) is 5.32 Å². The van der Waals surface area contributed by atoms with Gasteiger partial charge in [0.05, 0.1) is 17.4 Å². The molecule has 1 amide bonds. The van der Waals surface area contributed by atoms with Crippen LogP contribution in [0.2, 0.25) is 0 Å². The summed E-state index contributed by atoms with van der Waals surface area (Å²) in [5.74, 6) is -0.0219. The van der Waals surface area contributed by atoms with Crippen molar-refractivity contribution in [1.29, 1.82) is 0 Å². The van der Waals surface area contributed by atoms with Crippen LogP contribution in [0.5, 0.6) is 0 Å². The van der Waals surface area contributed by atoms with E-state index in [1.54, 1.807) is 6.92 Å². The Hall–Kier alpha value is -0.220. The van der Waals surface area contributed by atoms with Crippen molar-refractivity contribution < 1.29 is 9.53 Å². The first-order chi connectivity index (χ1) is 6.11. The van der Waals surface area contributed by atoms with Gasteiger partial charge in [-0.15, -0.1) is 0 Å². The zero-order valence-electron chi connectivity index (χ0n) is 8.12. The van der Waals surface area contributed by atoms with Crippen LogP contribution in [-0.4, -0.2) is 29.9 Å². The molecule has 0 aliphatic carbocycles. The zero-order valence-corrected chi connectivity index (χ0v) is 9.01. The van der Waals surface area contributed by atoms with Crippen LogP contribution in [0, 0.1) is 0 Å². The van der Waals surface area contributed by atoms with Gasteiger partial charge < -0.3 is 10.1 Å². The van der Waals surface area contributed by atoms with E-state index in [0.29, 0.717) is 0 Å². The Morgan fingerprint density at radius 2 is 2.31 bits per heavy atom. The first-order valence-corrected chi connectivity index (χ1v) is 5.23. The third-order valence-electron chi connectivity index (χ3n) is 2.27. The predicted molar refractivity (Wildman–Crippen MR) is 55.0 cm³/mol. The topological polar surface area (TPSA) is 38.3 Å². The number of carbonyl (C=O) groups is 1. The minimum Gasteiger partial charge on any atom is -0.376 e. The van der Waals surface area contributed by atoms with E-state index in [2.05, 4.69) is 17.9 Å². The van der Waals surface area contributed by atoms with Crippen molar-refractivity contribution in [3.63, 3.8) is 0 Å². The number of rotatable bonds is 3. The van der Waals surface area contributed by atoms with Crippen molar-refractivity contribution in [3.8, 4) is 0 Å². The van der Waals surface area contributed by atoms with Gasteiger partial charge in [0.1, 0.15) is 0 Å². The van der Waals surface area contributed by atoms with E-state index in [4.69, 9.17) is 4.74 Å². The maximum absolute atomic E-state index is 11.3. The quantitative estimate of drug-likeness (QED) is 0.671. The molecule has 1 rings (SSSR count). The van der Waals surface area contributed by atoms with E-state index in [9.17, 15) is 4.79 Å². The summed E-state index contributed by atoms with van der Waals surface area (Å²) in [6, 6.07) is 0.101. The third kappa shape index (κ3) is 3.19. The Labute approximate surface area is 84.6 Å². The van der Waals surface area contributed by atoms with E-state index in [-0.39, 0.29) is 23.3 Å². The van der Waals surface area contributed by atoms with Gasteiger partial charge in [0.25, 0.3) is 0 Å². The average molecular weight is 203 g/mol. The van der Waals surface area contributed by atoms with Crippen molar-refractivity contribution in [2.24, 2.45) is 0 Å². The molecule has 3 nitrogen and oxygen atoms in total. The fraction of sp³-hybridized carbons (Fsp3) is 0.889. The lowest BCUT2D eigenvalue weighted by molar-refractivity contribution is -0.121. The van der Waals surface area contributed by atoms with Crippen LogP contribution in [0.1, 0.15) is 26.7 Å². The molecule has 3 atom stereocenters. The molecule has 1 aliphatic rings. The molecule has 0 spiro atoms. The first-order valence-electron chi connectivity index (χ1n) is 4.71. The third-order valence-corrected chi connectivity index (χ3v) is 2.51. The zero-order chi connectivity index (χ0) is 9.84. The predicted octanol–water partition coefficient (Wildman–Crippen LogP) is 0.988. The Kier molecular flexibility index (Phi) is 4.06. The molecule has 1 aliphatic heterocycles. The number of thiol groups is 1. The second-order valence-corrected chi connectivity index (χ2v) is 4.30. The van der Waals surface area contributed by atoms with Crippen molar-refractivity contribution in [3.05, 3.63) is 0 Å². The van der Waals surface area contributed by atoms with Gasteiger partial charge in [-0.25, -0.2) is 0 Å². The van der Waals surface area contributed by atoms with E-state index >= 15 is 0 Å². The number of nitrogens with one attached hydrogen (secondary N) is 1. The second-order valence-electron chi connectivity index (χ2n) is 3.52. The maximum Gasteiger partial charge on any atom is 0.232 e. The molecular formula is C9H17NO2S. The summed E-state index contributed by atoms with van der Waals surface area (Å²) in [7, 11) is 0. The fourth-order valence-electron chi connectivity index (χ4n) is 1.43. The summed E-state index contributed by atoms with van der Waals surface area (Å²) in [5, 5.41) is 2.63. The number of carbonyl (C=O) groups excluding carboxylic acids is 1. The standard InChI is InChI=1S/C9H17NO2S/c1-6(8-4-3-5-12-8)10-9(11)7(2)13/h6-8,13H,3-5H2,1-2H3,(H,10,11). The highest BCUT2D eigenvalue weighted by Crippen LogP contribution is 2.15. The lowest BCUT2D eigenvalue weighted by Crippen LogP contribution is -2.43. The monoisotopic (exact) mass is 203 g/mol. The van der Waals surface area contributed by atoms with Gasteiger partial charge in [0.15, 0.2) is 0 Å². The average Bonchev–Trinajstić information content (AvgIpc) is 2.55. The molecule has 4 heteroatoms. The van der Waals surface area contributed by atoms with Crippen LogP contribution in [0.15, 0.2) is 0 Å². The van der Waals surface area contributed by atoms with Gasteiger partial charge in [-0.3, -0.25) is 4.79 Å². The molecule has 1 heterocycles. The molecule has 0 aromatic rings. The summed E-state index contributed by atoms with van der Waals surface area (Å²) in [4.78, 5) is 11.3. The summed E-state index contributed by atoms with van der Waals surface area (Å²) < 4.78 is 5.46. The number of ether oxygens (including phenoxy) is 1. The molecule has 0 saturated carbocycles. The molecule has 0 radical (unpaired) electrons. The number of hydrogen-bond donors (Lipinski definition) is 2. The lowest BCUT2D eigenvalue weighted by atomic mass is 10.1. The Morgan fingerprint density at radius 3 is 2.77 bits per heavy atom. The Balaban J connectivity index is 2.31. The van der Waals surface area contributed by atoms with Crippen LogP contribution in [0.4, 0.5) is 0 Å². The number of amides is 1. The maximum atomic E-state index is 11.3. The molecule has 1 N–H and O–H groups in total. The summed E-state index contributed by atoms with van der Waals surface area (Å²) >= 11 is 4.06. The van der Waals surface area contributed by atoms with Gasteiger partial charge in [-0.1, -0.05) is 0 Å². The lowest BCUT2D eigenvalue weighted by Gasteiger charge is -2.20. The van der Waals surface area contributed by atoms with Gasteiger partial charge in [-0.05, 0) is 26.7 Å². The molecule has 3 unspecified atom stereocenters. The van der Waals surface area contributed by atoms with Crippen molar-refractivity contribution in [2.75, 3.05) is 6.61 Å². The van der Waals surface area contributed by atoms with Gasteiger partial charge in [0, 0.05) is 6.61 Å². The SMILES string of the molecule is CC(S)C(=O)NC(C)C1CCCO1. The highest BCUT2D eigenvalue weighted by atomic mass is 32.1. The largest absolute Gasteiger partial charge is 0.376 e. The molecule has 1 saturated heterocycles. The van der Waals surface area contributed by atoms with Crippen LogP contribution in [0.3, 0.4) is 0 Å². The molecule has 76 valence electrons. The van der Waals surface area contributed by atoms with Crippen LogP contribution in [-0.2, 0) is 9.53 Å². The molecular weight excluding hydrogens is 186 g/mol. The Morgan fingerprint density at radius 1 is 1.62 bits per heavy atom. The van der Waals surface area contributed by atoms with Crippen molar-refractivity contribution >= 4 is 18.5 Å². The fourth-order valence-corrected chi connectivity index (χ4v) is 1.51. The summed E-state index contributed by atoms with van der Waals surface area (Å²) in [5.41, 5.74) is 0. The molecule has 0 aromatic carbocycles. The van der Waals surface area contributed by atoms with E-state index in [1.807, 2.05) is 6.92 Å². The molecule has 13 heavy (non-hydrogen) atoms. The van der Waals surface area contributed by atoms with Crippen molar-refractivity contribution in [2.45, 2.75) is 44.1 Å². The van der Waals surface area contributed by atoms with Crippen LogP contribution >= 0.6 is 12.6 Å². The van der Waals surface area contributed by atoms with Gasteiger partial charge in [0.2, 0.25) is 5.91 Å². The molecule has 1 fully saturated rings. The van der Waals surface area contributed by atoms with Gasteiger partial charge >= 0.3 is 0 Å². The van der Waals surface area contributed by atoms with Crippen LogP contribution < -0.4 is 5.32 Å². The summed E-state index contributed by atoms with van der Waals surface area (Å²) in [6.45, 7) is 4.56. The number of hydrogen-bond acceptors (Lipinski definition) is 3. The van der Waals surface area contributed by atoms with Gasteiger partial charge in [-0.2, -0.15) is 12.6 Å². The first kappa shape index (κ1) is 10.9. The highest BCUT2D eigenvalue weighted by Gasteiger charge is 2.24. The van der Waals surface area contributed by atoms with E-state index < -0.39 is 0 Å². The smallest absolute Gasteiger partial charge is 0.232 e. The Bertz CT molecular complexity index is 178. The molecule has 0 aromatic heterocycles. The van der Waals surface area contributed by atoms with E-state index in [1.165, 1.54) is 0 Å².